The summed E-state index contributed by atoms with van der Waals surface area (Å²) in [5.74, 6) is 0.765. The molecule has 1 fully saturated rings. The first-order chi connectivity index (χ1) is 12.3. The number of imidazole rings is 1. The largest absolute Gasteiger partial charge is 0.573 e. The number of nitrogens with zero attached hydrogens (tertiary/aromatic N) is 3. The van der Waals surface area contributed by atoms with Gasteiger partial charge in [-0.3, -0.25) is 4.79 Å². The Balaban J connectivity index is 1.57. The Hall–Kier alpha value is -2.51. The third kappa shape index (κ3) is 3.27. The van der Waals surface area contributed by atoms with Crippen molar-refractivity contribution in [3.8, 4) is 17.0 Å². The molecule has 2 heterocycles. The highest BCUT2D eigenvalue weighted by Gasteiger charge is 2.34. The molecule has 0 N–H and O–H groups in total. The maximum atomic E-state index is 12.5. The molecule has 2 aromatic rings. The van der Waals surface area contributed by atoms with E-state index in [1.54, 1.807) is 24.0 Å². The molecule has 0 bridgehead atoms. The Kier molecular flexibility index (Phi) is 3.93. The standard InChI is InChI=1S/C18H18F3N3O2/c1-11-15(13-4-6-14(7-5-13)26-18(19,20)21)24-10-23(9-8-12-2-3-12)17(25)16(24)22-11/h4-7,12H,2-3,8-10H2,1H3. The average molecular weight is 365 g/mol. The first-order valence-corrected chi connectivity index (χ1v) is 8.54. The van der Waals surface area contributed by atoms with Crippen molar-refractivity contribution in [1.29, 1.82) is 0 Å². The predicted octanol–water partition coefficient (Wildman–Crippen LogP) is 3.97. The Labute approximate surface area is 148 Å². The number of hydrogen-bond acceptors (Lipinski definition) is 3. The minimum Gasteiger partial charge on any atom is -0.406 e. The number of fused-ring (bicyclic) bond motifs is 1. The van der Waals surface area contributed by atoms with E-state index in [1.807, 2.05) is 4.57 Å². The van der Waals surface area contributed by atoms with E-state index < -0.39 is 6.36 Å². The number of carbonyl (C=O) groups excluding carboxylic acids is 1. The van der Waals surface area contributed by atoms with E-state index >= 15 is 0 Å². The molecule has 0 saturated heterocycles. The van der Waals surface area contributed by atoms with Crippen molar-refractivity contribution in [2.75, 3.05) is 6.54 Å². The Bertz CT molecular complexity index is 839. The van der Waals surface area contributed by atoms with Crippen LogP contribution in [0.15, 0.2) is 24.3 Å². The van der Waals surface area contributed by atoms with Crippen LogP contribution in [0.25, 0.3) is 11.3 Å². The lowest BCUT2D eigenvalue weighted by molar-refractivity contribution is -0.274. The Morgan fingerprint density at radius 2 is 1.92 bits per heavy atom. The molecule has 8 heteroatoms. The van der Waals surface area contributed by atoms with Crippen molar-refractivity contribution < 1.29 is 22.7 Å². The number of aromatic nitrogens is 2. The van der Waals surface area contributed by atoms with E-state index in [1.165, 1.54) is 25.0 Å². The zero-order chi connectivity index (χ0) is 18.5. The summed E-state index contributed by atoms with van der Waals surface area (Å²) < 4.78 is 42.6. The second-order valence-electron chi connectivity index (χ2n) is 6.81. The van der Waals surface area contributed by atoms with Gasteiger partial charge in [0.05, 0.1) is 18.1 Å². The molecule has 1 aromatic carbocycles. The number of rotatable bonds is 5. The SMILES string of the molecule is Cc1nc2n(c1-c1ccc(OC(F)(F)F)cc1)CN(CCC1CC1)C2=O. The summed E-state index contributed by atoms with van der Waals surface area (Å²) in [6.07, 6.45) is -1.23. The molecule has 1 aliphatic heterocycles. The molecule has 138 valence electrons. The molecule has 0 unspecified atom stereocenters. The van der Waals surface area contributed by atoms with Crippen LogP contribution >= 0.6 is 0 Å². The van der Waals surface area contributed by atoms with Gasteiger partial charge in [0.2, 0.25) is 5.82 Å². The van der Waals surface area contributed by atoms with E-state index in [0.717, 1.165) is 18.0 Å². The fraction of sp³-hybridized carbons (Fsp3) is 0.444. The highest BCUT2D eigenvalue weighted by Crippen LogP contribution is 2.35. The second kappa shape index (κ2) is 6.03. The highest BCUT2D eigenvalue weighted by atomic mass is 19.4. The van der Waals surface area contributed by atoms with Crippen molar-refractivity contribution in [1.82, 2.24) is 14.5 Å². The fourth-order valence-electron chi connectivity index (χ4n) is 3.35. The van der Waals surface area contributed by atoms with Crippen LogP contribution in [0.5, 0.6) is 5.75 Å². The number of hydrogen-bond donors (Lipinski definition) is 0. The third-order valence-electron chi connectivity index (χ3n) is 4.80. The molecule has 1 saturated carbocycles. The monoisotopic (exact) mass is 365 g/mol. The molecule has 1 amide bonds. The summed E-state index contributed by atoms with van der Waals surface area (Å²) in [7, 11) is 0. The van der Waals surface area contributed by atoms with Gasteiger partial charge >= 0.3 is 6.36 Å². The van der Waals surface area contributed by atoms with Crippen LogP contribution in [-0.4, -0.2) is 33.3 Å². The van der Waals surface area contributed by atoms with Crippen molar-refractivity contribution in [2.45, 2.75) is 39.2 Å². The van der Waals surface area contributed by atoms with Gasteiger partial charge in [-0.1, -0.05) is 12.8 Å². The minimum atomic E-state index is -4.72. The minimum absolute atomic E-state index is 0.0861. The van der Waals surface area contributed by atoms with Crippen LogP contribution in [0.2, 0.25) is 0 Å². The number of alkyl halides is 3. The third-order valence-corrected chi connectivity index (χ3v) is 4.80. The van der Waals surface area contributed by atoms with E-state index in [-0.39, 0.29) is 11.7 Å². The van der Waals surface area contributed by atoms with Crippen molar-refractivity contribution in [3.63, 3.8) is 0 Å². The molecule has 4 rings (SSSR count). The van der Waals surface area contributed by atoms with E-state index in [4.69, 9.17) is 0 Å². The molecule has 1 aromatic heterocycles. The van der Waals surface area contributed by atoms with Crippen molar-refractivity contribution in [3.05, 3.63) is 35.8 Å². The van der Waals surface area contributed by atoms with Crippen LogP contribution in [0, 0.1) is 12.8 Å². The molecule has 0 atom stereocenters. The molecular weight excluding hydrogens is 347 g/mol. The number of ether oxygens (including phenoxy) is 1. The van der Waals surface area contributed by atoms with E-state index in [0.29, 0.717) is 30.3 Å². The summed E-state index contributed by atoms with van der Waals surface area (Å²) in [4.78, 5) is 18.7. The van der Waals surface area contributed by atoms with Crippen LogP contribution in [0.4, 0.5) is 13.2 Å². The second-order valence-corrected chi connectivity index (χ2v) is 6.81. The zero-order valence-electron chi connectivity index (χ0n) is 14.2. The molecule has 1 aliphatic carbocycles. The summed E-state index contributed by atoms with van der Waals surface area (Å²) in [5, 5.41) is 0. The molecular formula is C18H18F3N3O2. The van der Waals surface area contributed by atoms with Gasteiger partial charge in [0.25, 0.3) is 5.91 Å². The van der Waals surface area contributed by atoms with Gasteiger partial charge in [-0.05, 0) is 43.5 Å². The van der Waals surface area contributed by atoms with Crippen LogP contribution < -0.4 is 4.74 Å². The Morgan fingerprint density at radius 3 is 2.54 bits per heavy atom. The number of benzene rings is 1. The van der Waals surface area contributed by atoms with Crippen LogP contribution in [-0.2, 0) is 6.67 Å². The fourth-order valence-corrected chi connectivity index (χ4v) is 3.35. The topological polar surface area (TPSA) is 47.4 Å². The highest BCUT2D eigenvalue weighted by molar-refractivity contribution is 5.94. The van der Waals surface area contributed by atoms with E-state index in [2.05, 4.69) is 9.72 Å². The molecule has 2 aliphatic rings. The zero-order valence-corrected chi connectivity index (χ0v) is 14.2. The maximum Gasteiger partial charge on any atom is 0.573 e. The normalized spacial score (nSPS) is 16.9. The molecule has 0 radical (unpaired) electrons. The van der Waals surface area contributed by atoms with Crippen molar-refractivity contribution in [2.24, 2.45) is 5.92 Å². The van der Waals surface area contributed by atoms with Crippen molar-refractivity contribution >= 4 is 5.91 Å². The molecule has 0 spiro atoms. The van der Waals surface area contributed by atoms with Gasteiger partial charge in [-0.2, -0.15) is 0 Å². The van der Waals surface area contributed by atoms with Gasteiger partial charge < -0.3 is 14.2 Å². The summed E-state index contributed by atoms with van der Waals surface area (Å²) in [6.45, 7) is 2.93. The van der Waals surface area contributed by atoms with Gasteiger partial charge in [0.15, 0.2) is 0 Å². The maximum absolute atomic E-state index is 12.5. The summed E-state index contributed by atoms with van der Waals surface area (Å²) in [5.41, 5.74) is 2.13. The first-order valence-electron chi connectivity index (χ1n) is 8.54. The lowest BCUT2D eigenvalue weighted by atomic mass is 10.1. The van der Waals surface area contributed by atoms with Gasteiger partial charge in [-0.15, -0.1) is 13.2 Å². The van der Waals surface area contributed by atoms with Gasteiger partial charge in [0, 0.05) is 12.1 Å². The number of amides is 1. The summed E-state index contributed by atoms with van der Waals surface area (Å²) >= 11 is 0. The lowest BCUT2D eigenvalue weighted by Crippen LogP contribution is -2.26. The lowest BCUT2D eigenvalue weighted by Gasteiger charge is -2.16. The van der Waals surface area contributed by atoms with E-state index in [9.17, 15) is 18.0 Å². The van der Waals surface area contributed by atoms with Crippen LogP contribution in [0.1, 0.15) is 35.6 Å². The first kappa shape index (κ1) is 16.9. The average Bonchev–Trinajstić information content (AvgIpc) is 3.27. The molecule has 5 nitrogen and oxygen atoms in total. The van der Waals surface area contributed by atoms with Gasteiger partial charge in [-0.25, -0.2) is 4.98 Å². The predicted molar refractivity (Wildman–Crippen MR) is 87.5 cm³/mol. The van der Waals surface area contributed by atoms with Crippen LogP contribution in [0.3, 0.4) is 0 Å². The van der Waals surface area contributed by atoms with Gasteiger partial charge in [0.1, 0.15) is 5.75 Å². The molecule has 26 heavy (non-hydrogen) atoms. The summed E-state index contributed by atoms with van der Waals surface area (Å²) in [6, 6.07) is 5.64. The number of halogens is 3. The number of aryl methyl sites for hydroxylation is 1. The number of carbonyl (C=O) groups is 1. The smallest absolute Gasteiger partial charge is 0.406 e. The quantitative estimate of drug-likeness (QED) is 0.806. The Morgan fingerprint density at radius 1 is 1.23 bits per heavy atom.